The second-order valence-corrected chi connectivity index (χ2v) is 8.83. The fourth-order valence-electron chi connectivity index (χ4n) is 4.48. The maximum Gasteiger partial charge on any atom is 0.221 e. The Labute approximate surface area is 193 Å². The van der Waals surface area contributed by atoms with Gasteiger partial charge in [0.2, 0.25) is 5.91 Å². The lowest BCUT2D eigenvalue weighted by molar-refractivity contribution is -0.114. The first-order chi connectivity index (χ1) is 15.4. The number of hydrogen-bond acceptors (Lipinski definition) is 6. The van der Waals surface area contributed by atoms with Gasteiger partial charge in [0.1, 0.15) is 24.2 Å². The van der Waals surface area contributed by atoms with Crippen molar-refractivity contribution in [3.63, 3.8) is 0 Å². The summed E-state index contributed by atoms with van der Waals surface area (Å²) in [5, 5.41) is 14.0. The molecule has 1 spiro atoms. The summed E-state index contributed by atoms with van der Waals surface area (Å²) < 4.78 is 17.3. The van der Waals surface area contributed by atoms with Gasteiger partial charge >= 0.3 is 0 Å². The van der Waals surface area contributed by atoms with Crippen LogP contribution in [-0.4, -0.2) is 55.4 Å². The summed E-state index contributed by atoms with van der Waals surface area (Å²) in [7, 11) is 1.57. The molecule has 0 radical (unpaired) electrons. The third-order valence-corrected chi connectivity index (χ3v) is 6.37. The van der Waals surface area contributed by atoms with Gasteiger partial charge < -0.3 is 29.5 Å². The number of anilines is 1. The molecule has 4 rings (SSSR count). The number of β-amino-alcohol motifs (C(OH)–C–C–N with tert-alkyl or cyclic N) is 1. The van der Waals surface area contributed by atoms with Crippen molar-refractivity contribution in [2.45, 2.75) is 38.1 Å². The molecule has 0 unspecified atom stereocenters. The molecule has 2 aromatic rings. The molecular formula is C24H29ClN2O5. The zero-order valence-electron chi connectivity index (χ0n) is 18.4. The van der Waals surface area contributed by atoms with Gasteiger partial charge in [0.25, 0.3) is 0 Å². The zero-order valence-corrected chi connectivity index (χ0v) is 19.2. The van der Waals surface area contributed by atoms with Gasteiger partial charge in [-0.15, -0.1) is 0 Å². The third-order valence-electron chi connectivity index (χ3n) is 6.13. The number of aliphatic hydroxyl groups excluding tert-OH is 1. The summed E-state index contributed by atoms with van der Waals surface area (Å²) in [5.74, 6) is 0.880. The highest BCUT2D eigenvalue weighted by Gasteiger charge is 2.42. The van der Waals surface area contributed by atoms with Gasteiger partial charge in [-0.25, -0.2) is 0 Å². The minimum absolute atomic E-state index is 0.107. The highest BCUT2D eigenvalue weighted by Crippen LogP contribution is 2.45. The lowest BCUT2D eigenvalue weighted by Gasteiger charge is -2.39. The van der Waals surface area contributed by atoms with Crippen molar-refractivity contribution in [1.82, 2.24) is 4.90 Å². The van der Waals surface area contributed by atoms with Crippen molar-refractivity contribution in [2.24, 2.45) is 0 Å². The molecule has 2 N–H and O–H groups in total. The van der Waals surface area contributed by atoms with E-state index in [1.165, 1.54) is 18.1 Å². The Bertz CT molecular complexity index is 975. The molecule has 1 atom stereocenters. The monoisotopic (exact) mass is 460 g/mol. The number of benzene rings is 2. The first-order valence-electron chi connectivity index (χ1n) is 10.8. The van der Waals surface area contributed by atoms with Crippen LogP contribution in [0.5, 0.6) is 11.5 Å². The van der Waals surface area contributed by atoms with Crippen LogP contribution in [0, 0.1) is 0 Å². The largest absolute Gasteiger partial charge is 0.497 e. The summed E-state index contributed by atoms with van der Waals surface area (Å²) in [4.78, 5) is 13.7. The lowest BCUT2D eigenvalue weighted by atomic mass is 9.84. The number of ether oxygens (including phenoxy) is 3. The Morgan fingerprint density at radius 3 is 2.78 bits per heavy atom. The second kappa shape index (κ2) is 9.67. The molecule has 1 amide bonds. The summed E-state index contributed by atoms with van der Waals surface area (Å²) >= 11 is 6.22. The minimum Gasteiger partial charge on any atom is -0.497 e. The number of piperidine rings is 1. The average Bonchev–Trinajstić information content (AvgIpc) is 3.11. The van der Waals surface area contributed by atoms with E-state index in [4.69, 9.17) is 25.8 Å². The van der Waals surface area contributed by atoms with Crippen LogP contribution in [0.15, 0.2) is 36.4 Å². The number of methoxy groups -OCH3 is 1. The van der Waals surface area contributed by atoms with E-state index in [2.05, 4.69) is 10.2 Å². The van der Waals surface area contributed by atoms with E-state index in [0.29, 0.717) is 30.3 Å². The van der Waals surface area contributed by atoms with Crippen molar-refractivity contribution >= 4 is 23.2 Å². The number of nitrogens with one attached hydrogen (secondary N) is 1. The van der Waals surface area contributed by atoms with Gasteiger partial charge in [0.15, 0.2) is 0 Å². The number of aliphatic hydroxyl groups is 1. The van der Waals surface area contributed by atoms with Crippen LogP contribution in [0.3, 0.4) is 0 Å². The normalized spacial score (nSPS) is 18.2. The zero-order chi connectivity index (χ0) is 22.7. The van der Waals surface area contributed by atoms with E-state index in [1.54, 1.807) is 25.3 Å². The number of amides is 1. The number of carbonyl (C=O) groups is 1. The Kier molecular flexibility index (Phi) is 6.90. The van der Waals surface area contributed by atoms with E-state index in [-0.39, 0.29) is 18.1 Å². The molecule has 0 aromatic heterocycles. The standard InChI is InChI=1S/C24H29ClN2O5/c1-16(28)26-22-6-5-20(30-2)12-23(22)31-15-19(29)13-27-9-7-24(8-10-27)21-11-18(25)4-3-17(21)14-32-24/h3-6,11-12,19,29H,7-10,13-15H2,1-2H3,(H,26,28)/t19-/m1/s1. The van der Waals surface area contributed by atoms with Crippen LogP contribution in [0.4, 0.5) is 5.69 Å². The number of likely N-dealkylation sites (tertiary alicyclic amines) is 1. The van der Waals surface area contributed by atoms with E-state index in [0.717, 1.165) is 31.0 Å². The Hall–Kier alpha value is -2.32. The van der Waals surface area contributed by atoms with Gasteiger partial charge in [0, 0.05) is 37.6 Å². The molecule has 2 aliphatic heterocycles. The van der Waals surface area contributed by atoms with E-state index < -0.39 is 6.10 Å². The minimum atomic E-state index is -0.674. The van der Waals surface area contributed by atoms with Crippen molar-refractivity contribution in [2.75, 3.05) is 38.7 Å². The molecule has 0 aliphatic carbocycles. The number of hydrogen-bond donors (Lipinski definition) is 2. The molecule has 0 bridgehead atoms. The van der Waals surface area contributed by atoms with E-state index >= 15 is 0 Å². The summed E-state index contributed by atoms with van der Waals surface area (Å²) in [6.45, 7) is 4.30. The smallest absolute Gasteiger partial charge is 0.221 e. The molecule has 32 heavy (non-hydrogen) atoms. The maximum atomic E-state index is 11.5. The van der Waals surface area contributed by atoms with Crippen molar-refractivity contribution in [3.05, 3.63) is 52.5 Å². The molecule has 8 heteroatoms. The van der Waals surface area contributed by atoms with Gasteiger partial charge in [-0.2, -0.15) is 0 Å². The molecular weight excluding hydrogens is 432 g/mol. The molecule has 1 fully saturated rings. The van der Waals surface area contributed by atoms with Gasteiger partial charge in [-0.3, -0.25) is 4.79 Å². The number of rotatable bonds is 7. The van der Waals surface area contributed by atoms with Crippen LogP contribution in [0.25, 0.3) is 0 Å². The first kappa shape index (κ1) is 22.9. The molecule has 0 saturated carbocycles. The van der Waals surface area contributed by atoms with Crippen molar-refractivity contribution in [1.29, 1.82) is 0 Å². The first-order valence-corrected chi connectivity index (χ1v) is 11.2. The molecule has 1 saturated heterocycles. The Morgan fingerprint density at radius 1 is 1.28 bits per heavy atom. The van der Waals surface area contributed by atoms with Gasteiger partial charge in [0.05, 0.1) is 25.0 Å². The topological polar surface area (TPSA) is 80.3 Å². The maximum absolute atomic E-state index is 11.5. The van der Waals surface area contributed by atoms with Crippen LogP contribution in [-0.2, 0) is 21.7 Å². The van der Waals surface area contributed by atoms with E-state index in [1.807, 2.05) is 18.2 Å². The highest BCUT2D eigenvalue weighted by molar-refractivity contribution is 6.30. The number of fused-ring (bicyclic) bond motifs is 2. The van der Waals surface area contributed by atoms with Crippen LogP contribution in [0.2, 0.25) is 5.02 Å². The Balaban J connectivity index is 1.32. The lowest BCUT2D eigenvalue weighted by Crippen LogP contribution is -2.46. The predicted molar refractivity (Wildman–Crippen MR) is 122 cm³/mol. The van der Waals surface area contributed by atoms with Crippen LogP contribution < -0.4 is 14.8 Å². The summed E-state index contributed by atoms with van der Waals surface area (Å²) in [6.07, 6.45) is 1.04. The van der Waals surface area contributed by atoms with Crippen LogP contribution >= 0.6 is 11.6 Å². The summed E-state index contributed by atoms with van der Waals surface area (Å²) in [5.41, 5.74) is 2.69. The number of nitrogens with zero attached hydrogens (tertiary/aromatic N) is 1. The second-order valence-electron chi connectivity index (χ2n) is 8.39. The average molecular weight is 461 g/mol. The number of carbonyl (C=O) groups excluding carboxylic acids is 1. The SMILES string of the molecule is COc1ccc(NC(C)=O)c(OC[C@H](O)CN2CCC3(CC2)OCc2ccc(Cl)cc23)c1. The molecule has 2 aromatic carbocycles. The summed E-state index contributed by atoms with van der Waals surface area (Å²) in [6, 6.07) is 11.2. The Morgan fingerprint density at radius 2 is 2.06 bits per heavy atom. The molecule has 2 aliphatic rings. The fourth-order valence-corrected chi connectivity index (χ4v) is 4.65. The van der Waals surface area contributed by atoms with Crippen LogP contribution in [0.1, 0.15) is 30.9 Å². The predicted octanol–water partition coefficient (Wildman–Crippen LogP) is 3.57. The fraction of sp³-hybridized carbons (Fsp3) is 0.458. The highest BCUT2D eigenvalue weighted by atomic mass is 35.5. The molecule has 172 valence electrons. The molecule has 2 heterocycles. The van der Waals surface area contributed by atoms with Gasteiger partial charge in [-0.1, -0.05) is 17.7 Å². The number of halogens is 1. The van der Waals surface area contributed by atoms with Crippen molar-refractivity contribution < 1.29 is 24.1 Å². The van der Waals surface area contributed by atoms with E-state index in [9.17, 15) is 9.90 Å². The van der Waals surface area contributed by atoms with Crippen molar-refractivity contribution in [3.8, 4) is 11.5 Å². The quantitative estimate of drug-likeness (QED) is 0.657. The molecule has 7 nitrogen and oxygen atoms in total. The third kappa shape index (κ3) is 5.02. The van der Waals surface area contributed by atoms with Gasteiger partial charge in [-0.05, 0) is 48.2 Å².